The van der Waals surface area contributed by atoms with Gasteiger partial charge in [-0.15, -0.1) is 0 Å². The summed E-state index contributed by atoms with van der Waals surface area (Å²) in [5.41, 5.74) is 5.08. The van der Waals surface area contributed by atoms with Crippen molar-refractivity contribution in [2.45, 2.75) is 106 Å². The summed E-state index contributed by atoms with van der Waals surface area (Å²) in [7, 11) is 0. The van der Waals surface area contributed by atoms with E-state index in [1.165, 1.54) is 16.7 Å². The van der Waals surface area contributed by atoms with Crippen LogP contribution < -0.4 is 0 Å². The molecule has 0 aromatic rings. The molecule has 7 atom stereocenters. The molecular weight excluding hydrogens is 460 g/mol. The van der Waals surface area contributed by atoms with Crippen LogP contribution >= 0.6 is 0 Å². The van der Waals surface area contributed by atoms with Gasteiger partial charge in [-0.25, -0.2) is 4.79 Å². The molecule has 0 aromatic carbocycles. The van der Waals surface area contributed by atoms with Gasteiger partial charge in [0.25, 0.3) is 0 Å². The number of ether oxygens (including phenoxy) is 1. The lowest BCUT2D eigenvalue weighted by molar-refractivity contribution is -0.138. The van der Waals surface area contributed by atoms with Gasteiger partial charge < -0.3 is 14.9 Å². The first-order valence-electron chi connectivity index (χ1n) is 14.2. The van der Waals surface area contributed by atoms with E-state index in [0.717, 1.165) is 37.7 Å². The van der Waals surface area contributed by atoms with E-state index in [-0.39, 0.29) is 34.2 Å². The Bertz CT molecular complexity index is 1120. The number of hydrogen-bond acceptors (Lipinski definition) is 3. The van der Waals surface area contributed by atoms with Crippen LogP contribution in [0.25, 0.3) is 0 Å². The van der Waals surface area contributed by atoms with Crippen LogP contribution in [0.5, 0.6) is 0 Å². The molecule has 0 saturated heterocycles. The number of aliphatic carboxylic acids is 1. The first kappa shape index (κ1) is 27.8. The van der Waals surface area contributed by atoms with Gasteiger partial charge in [0.1, 0.15) is 6.10 Å². The molecule has 0 aliphatic heterocycles. The van der Waals surface area contributed by atoms with Crippen molar-refractivity contribution in [3.8, 4) is 0 Å². The molecule has 1 unspecified atom stereocenters. The molecule has 0 bridgehead atoms. The highest BCUT2D eigenvalue weighted by Gasteiger charge is 2.68. The Morgan fingerprint density at radius 2 is 1.84 bits per heavy atom. The topological polar surface area (TPSA) is 66.8 Å². The van der Waals surface area contributed by atoms with Crippen molar-refractivity contribution in [2.24, 2.45) is 34.0 Å². The third-order valence-electron chi connectivity index (χ3n) is 11.1. The minimum absolute atomic E-state index is 0.0125. The number of carbonyl (C=O) groups is 1. The minimum atomic E-state index is -0.879. The quantitative estimate of drug-likeness (QED) is 0.214. The molecule has 2 fully saturated rings. The number of aliphatic hydroxyl groups excluding tert-OH is 1. The summed E-state index contributed by atoms with van der Waals surface area (Å²) >= 11 is 0. The third-order valence-corrected chi connectivity index (χ3v) is 11.1. The molecule has 4 aliphatic rings. The van der Waals surface area contributed by atoms with Crippen LogP contribution in [0.4, 0.5) is 0 Å². The largest absolute Gasteiger partial charge is 0.512 e. The summed E-state index contributed by atoms with van der Waals surface area (Å²) in [4.78, 5) is 12.7. The van der Waals surface area contributed by atoms with Gasteiger partial charge >= 0.3 is 5.97 Å². The van der Waals surface area contributed by atoms with E-state index < -0.39 is 5.97 Å². The van der Waals surface area contributed by atoms with Crippen molar-refractivity contribution in [3.05, 3.63) is 58.1 Å². The number of allylic oxidation sites excluding steroid dienone is 7. The Labute approximate surface area is 224 Å². The fourth-order valence-corrected chi connectivity index (χ4v) is 9.01. The van der Waals surface area contributed by atoms with Crippen LogP contribution in [-0.2, 0) is 9.53 Å². The number of rotatable bonds is 6. The third kappa shape index (κ3) is 4.23. The average Bonchev–Trinajstić information content (AvgIpc) is 3.05. The predicted octanol–water partition coefficient (Wildman–Crippen LogP) is 8.68. The van der Waals surface area contributed by atoms with Crippen molar-refractivity contribution < 1.29 is 19.7 Å². The Kier molecular flexibility index (Phi) is 7.14. The summed E-state index contributed by atoms with van der Waals surface area (Å²) in [6, 6.07) is 0. The number of carboxylic acid groups (broad SMARTS) is 1. The van der Waals surface area contributed by atoms with Crippen molar-refractivity contribution >= 4 is 5.97 Å². The summed E-state index contributed by atoms with van der Waals surface area (Å²) in [5, 5.41) is 22.2. The smallest absolute Gasteiger partial charge is 0.331 e. The molecule has 4 rings (SSSR count). The van der Waals surface area contributed by atoms with E-state index in [2.05, 4.69) is 47.3 Å². The van der Waals surface area contributed by atoms with Gasteiger partial charge in [0, 0.05) is 17.4 Å². The minimum Gasteiger partial charge on any atom is -0.512 e. The van der Waals surface area contributed by atoms with E-state index >= 15 is 0 Å². The first-order chi connectivity index (χ1) is 17.2. The van der Waals surface area contributed by atoms with Gasteiger partial charge in [-0.1, -0.05) is 50.1 Å². The molecule has 4 aliphatic carbocycles. The maximum Gasteiger partial charge on any atom is 0.331 e. The maximum atomic E-state index is 12.7. The highest BCUT2D eigenvalue weighted by molar-refractivity contribution is 5.88. The van der Waals surface area contributed by atoms with Gasteiger partial charge in [-0.3, -0.25) is 0 Å². The highest BCUT2D eigenvalue weighted by atomic mass is 16.5. The molecule has 37 heavy (non-hydrogen) atoms. The Balaban J connectivity index is 1.89. The van der Waals surface area contributed by atoms with Crippen molar-refractivity contribution in [3.63, 3.8) is 0 Å². The van der Waals surface area contributed by atoms with Gasteiger partial charge in [-0.2, -0.15) is 0 Å². The molecule has 0 heterocycles. The normalized spacial score (nSPS) is 40.2. The molecule has 0 radical (unpaired) electrons. The van der Waals surface area contributed by atoms with E-state index in [1.807, 2.05) is 26.8 Å². The summed E-state index contributed by atoms with van der Waals surface area (Å²) in [5.74, 6) is 0.549. The number of aliphatic hydroxyl groups is 1. The van der Waals surface area contributed by atoms with Crippen LogP contribution in [0.15, 0.2) is 58.1 Å². The van der Waals surface area contributed by atoms with Crippen LogP contribution in [0.3, 0.4) is 0 Å². The lowest BCUT2D eigenvalue weighted by Crippen LogP contribution is -2.59. The van der Waals surface area contributed by atoms with Crippen molar-refractivity contribution in [2.75, 3.05) is 0 Å². The Hall–Kier alpha value is -2.23. The molecular formula is C33H48O4. The summed E-state index contributed by atoms with van der Waals surface area (Å²) in [6.45, 7) is 21.6. The van der Waals surface area contributed by atoms with Crippen molar-refractivity contribution in [1.29, 1.82) is 0 Å². The Morgan fingerprint density at radius 3 is 2.43 bits per heavy atom. The van der Waals surface area contributed by atoms with Gasteiger partial charge in [0.15, 0.2) is 0 Å². The van der Waals surface area contributed by atoms with E-state index in [0.29, 0.717) is 35.9 Å². The monoisotopic (exact) mass is 508 g/mol. The van der Waals surface area contributed by atoms with E-state index in [1.54, 1.807) is 0 Å². The van der Waals surface area contributed by atoms with Crippen LogP contribution in [0.1, 0.15) is 100 Å². The zero-order chi connectivity index (χ0) is 27.5. The van der Waals surface area contributed by atoms with Crippen LogP contribution in [-0.4, -0.2) is 22.3 Å². The molecule has 0 aromatic heterocycles. The highest BCUT2D eigenvalue weighted by Crippen LogP contribution is 2.73. The second-order valence-corrected chi connectivity index (χ2v) is 13.5. The average molecular weight is 509 g/mol. The zero-order valence-corrected chi connectivity index (χ0v) is 24.3. The molecule has 204 valence electrons. The van der Waals surface area contributed by atoms with Crippen molar-refractivity contribution in [1.82, 2.24) is 0 Å². The van der Waals surface area contributed by atoms with Crippen LogP contribution in [0, 0.1) is 34.0 Å². The van der Waals surface area contributed by atoms with E-state index in [9.17, 15) is 15.0 Å². The van der Waals surface area contributed by atoms with Crippen LogP contribution in [0.2, 0.25) is 0 Å². The second-order valence-electron chi connectivity index (χ2n) is 13.5. The molecule has 2 saturated carbocycles. The maximum absolute atomic E-state index is 12.7. The Morgan fingerprint density at radius 1 is 1.16 bits per heavy atom. The van der Waals surface area contributed by atoms with E-state index in [4.69, 9.17) is 4.74 Å². The lowest BCUT2D eigenvalue weighted by atomic mass is 9.39. The SMILES string of the molecule is C=C(C)OC1C[C@@]2(C)[C@@H](C=C(O)[C@H]3[C@@]4(C)CCC(C)=C(C)[C@H]4CC[C@@]32C)/C1=C(\CCC=C(C)C)C(=O)O. The van der Waals surface area contributed by atoms with Gasteiger partial charge in [-0.05, 0) is 113 Å². The first-order valence-corrected chi connectivity index (χ1v) is 14.2. The molecule has 2 N–H and O–H groups in total. The molecule has 4 heteroatoms. The standard InChI is InChI=1S/C33H48O4/c1-19(2)11-10-12-23(30(35)36)28-25-17-26(34)29-31(7)15-13-21(5)22(6)24(31)14-16-32(29,8)33(25,9)18-27(28)37-20(3)4/h11,17,24-25,27,29,34H,3,10,12-16,18H2,1-2,4-9H3,(H,35,36)/b28-23-/t24-,25+,27?,29+,31+,32+,33+/m1/s1. The molecule has 0 amide bonds. The number of hydrogen-bond donors (Lipinski definition) is 2. The number of fused-ring (bicyclic) bond motifs is 5. The zero-order valence-electron chi connectivity index (χ0n) is 24.3. The fourth-order valence-electron chi connectivity index (χ4n) is 9.01. The fraction of sp³-hybridized carbons (Fsp3) is 0.667. The van der Waals surface area contributed by atoms with Gasteiger partial charge in [0.2, 0.25) is 0 Å². The molecule has 0 spiro atoms. The predicted molar refractivity (Wildman–Crippen MR) is 150 cm³/mol. The second kappa shape index (κ2) is 9.50. The lowest BCUT2D eigenvalue weighted by Gasteiger charge is -2.65. The summed E-state index contributed by atoms with van der Waals surface area (Å²) in [6.07, 6.45) is 9.95. The van der Waals surface area contributed by atoms with Gasteiger partial charge in [0.05, 0.1) is 11.5 Å². The summed E-state index contributed by atoms with van der Waals surface area (Å²) < 4.78 is 6.31. The molecule has 4 nitrogen and oxygen atoms in total. The number of carboxylic acids is 1.